The van der Waals surface area contributed by atoms with Crippen LogP contribution >= 0.6 is 11.3 Å². The number of nitrogen functional groups attached to an aromatic ring is 1. The number of carbonyl (C=O) groups is 1. The van der Waals surface area contributed by atoms with Gasteiger partial charge in [-0.3, -0.25) is 0 Å². The number of rotatable bonds is 4. The van der Waals surface area contributed by atoms with Crippen molar-refractivity contribution in [2.24, 2.45) is 0 Å². The summed E-state index contributed by atoms with van der Waals surface area (Å²) in [7, 11) is 1.66. The fraction of sp³-hybridized carbons (Fsp3) is 0.364. The van der Waals surface area contributed by atoms with Crippen molar-refractivity contribution in [3.8, 4) is 16.9 Å². The molecule has 28 heavy (non-hydrogen) atoms. The van der Waals surface area contributed by atoms with Crippen LogP contribution in [-0.2, 0) is 17.6 Å². The summed E-state index contributed by atoms with van der Waals surface area (Å²) in [6, 6.07) is 8.03. The Bertz CT molecular complexity index is 1020. The zero-order chi connectivity index (χ0) is 19.7. The minimum absolute atomic E-state index is 0.321. The molecule has 3 aromatic rings. The van der Waals surface area contributed by atoms with Gasteiger partial charge in [0.15, 0.2) is 0 Å². The molecule has 0 amide bonds. The number of ether oxygens (including phenoxy) is 2. The van der Waals surface area contributed by atoms with Gasteiger partial charge in [-0.1, -0.05) is 18.6 Å². The average molecular weight is 397 g/mol. The number of esters is 1. The molecular formula is C22H24N2O3S. The number of pyridine rings is 1. The highest BCUT2D eigenvalue weighted by atomic mass is 32.1. The van der Waals surface area contributed by atoms with Crippen molar-refractivity contribution in [1.29, 1.82) is 0 Å². The van der Waals surface area contributed by atoms with Crippen LogP contribution in [0.1, 0.15) is 47.1 Å². The van der Waals surface area contributed by atoms with E-state index in [-0.39, 0.29) is 5.97 Å². The Labute approximate surface area is 168 Å². The standard InChI is InChI=1S/C22H24N2O3S/c1-3-27-22(25)20-19(23)18-17(13-9-11-14(26-2)12-10-13)15-7-5-4-6-8-16(15)24-21(18)28-20/h9-12H,3-8,23H2,1-2H3. The number of benzene rings is 1. The van der Waals surface area contributed by atoms with Crippen LogP contribution in [0, 0.1) is 0 Å². The summed E-state index contributed by atoms with van der Waals surface area (Å²) < 4.78 is 10.5. The molecule has 0 fully saturated rings. The lowest BCUT2D eigenvalue weighted by molar-refractivity contribution is 0.0533. The van der Waals surface area contributed by atoms with Gasteiger partial charge < -0.3 is 15.2 Å². The molecule has 0 radical (unpaired) electrons. The van der Waals surface area contributed by atoms with Crippen molar-refractivity contribution < 1.29 is 14.3 Å². The van der Waals surface area contributed by atoms with Gasteiger partial charge in [0.1, 0.15) is 15.5 Å². The van der Waals surface area contributed by atoms with E-state index in [2.05, 4.69) is 12.1 Å². The Balaban J connectivity index is 2.00. The van der Waals surface area contributed by atoms with E-state index in [1.54, 1.807) is 14.0 Å². The molecule has 1 aromatic carbocycles. The summed E-state index contributed by atoms with van der Waals surface area (Å²) in [6.07, 6.45) is 5.41. The zero-order valence-corrected chi connectivity index (χ0v) is 17.0. The normalized spacial score (nSPS) is 13.8. The molecule has 2 aromatic heterocycles. The maximum atomic E-state index is 12.4. The van der Waals surface area contributed by atoms with Gasteiger partial charge in [-0.15, -0.1) is 11.3 Å². The van der Waals surface area contributed by atoms with E-state index < -0.39 is 0 Å². The average Bonchev–Trinajstić information content (AvgIpc) is 2.88. The maximum Gasteiger partial charge on any atom is 0.350 e. The Morgan fingerprint density at radius 3 is 2.64 bits per heavy atom. The summed E-state index contributed by atoms with van der Waals surface area (Å²) in [4.78, 5) is 18.6. The molecule has 2 N–H and O–H groups in total. The molecule has 5 nitrogen and oxygen atoms in total. The van der Waals surface area contributed by atoms with Crippen LogP contribution in [0.5, 0.6) is 5.75 Å². The molecular weight excluding hydrogens is 372 g/mol. The number of nitrogens with two attached hydrogens (primary N) is 1. The lowest BCUT2D eigenvalue weighted by atomic mass is 9.93. The van der Waals surface area contributed by atoms with Crippen molar-refractivity contribution in [2.75, 3.05) is 19.5 Å². The van der Waals surface area contributed by atoms with E-state index in [1.807, 2.05) is 12.1 Å². The van der Waals surface area contributed by atoms with E-state index in [0.29, 0.717) is 17.2 Å². The first-order valence-electron chi connectivity index (χ1n) is 9.69. The van der Waals surface area contributed by atoms with Crippen LogP contribution in [0.25, 0.3) is 21.3 Å². The minimum Gasteiger partial charge on any atom is -0.497 e. The van der Waals surface area contributed by atoms with Crippen LogP contribution in [0.3, 0.4) is 0 Å². The lowest BCUT2D eigenvalue weighted by Gasteiger charge is -2.15. The van der Waals surface area contributed by atoms with Crippen LogP contribution in [0.15, 0.2) is 24.3 Å². The molecule has 0 spiro atoms. The van der Waals surface area contributed by atoms with Gasteiger partial charge in [-0.25, -0.2) is 9.78 Å². The molecule has 4 rings (SSSR count). The highest BCUT2D eigenvalue weighted by molar-refractivity contribution is 7.21. The van der Waals surface area contributed by atoms with Crippen LogP contribution in [0.2, 0.25) is 0 Å². The fourth-order valence-electron chi connectivity index (χ4n) is 3.91. The Morgan fingerprint density at radius 1 is 1.18 bits per heavy atom. The van der Waals surface area contributed by atoms with Crippen molar-refractivity contribution in [3.05, 3.63) is 40.4 Å². The highest BCUT2D eigenvalue weighted by Crippen LogP contribution is 2.43. The number of thiophene rings is 1. The molecule has 0 aliphatic heterocycles. The quantitative estimate of drug-likeness (QED) is 0.496. The van der Waals surface area contributed by atoms with Gasteiger partial charge in [0.25, 0.3) is 0 Å². The van der Waals surface area contributed by atoms with Gasteiger partial charge in [-0.2, -0.15) is 0 Å². The van der Waals surface area contributed by atoms with Gasteiger partial charge >= 0.3 is 5.97 Å². The second-order valence-electron chi connectivity index (χ2n) is 6.95. The van der Waals surface area contributed by atoms with Gasteiger partial charge in [0.05, 0.1) is 19.4 Å². The molecule has 146 valence electrons. The number of carbonyl (C=O) groups excluding carboxylic acids is 1. The molecule has 0 bridgehead atoms. The molecule has 6 heteroatoms. The first-order chi connectivity index (χ1) is 13.6. The predicted molar refractivity (Wildman–Crippen MR) is 113 cm³/mol. The van der Waals surface area contributed by atoms with Gasteiger partial charge in [-0.05, 0) is 61.4 Å². The predicted octanol–water partition coefficient (Wildman–Crippen LogP) is 5.00. The van der Waals surface area contributed by atoms with Crippen molar-refractivity contribution >= 4 is 33.2 Å². The third-order valence-corrected chi connectivity index (χ3v) is 6.32. The van der Waals surface area contributed by atoms with E-state index in [9.17, 15) is 4.79 Å². The van der Waals surface area contributed by atoms with E-state index in [4.69, 9.17) is 20.2 Å². The minimum atomic E-state index is -0.376. The van der Waals surface area contributed by atoms with Crippen molar-refractivity contribution in [2.45, 2.75) is 39.0 Å². The summed E-state index contributed by atoms with van der Waals surface area (Å²) in [5, 5.41) is 0.874. The summed E-state index contributed by atoms with van der Waals surface area (Å²) in [5.41, 5.74) is 11.5. The Kier molecular flexibility index (Phi) is 5.22. The number of hydrogen-bond acceptors (Lipinski definition) is 6. The lowest BCUT2D eigenvalue weighted by Crippen LogP contribution is -2.05. The van der Waals surface area contributed by atoms with Crippen LogP contribution < -0.4 is 10.5 Å². The number of hydrogen-bond donors (Lipinski definition) is 1. The smallest absolute Gasteiger partial charge is 0.350 e. The van der Waals surface area contributed by atoms with Gasteiger partial charge in [0.2, 0.25) is 0 Å². The van der Waals surface area contributed by atoms with Crippen molar-refractivity contribution in [1.82, 2.24) is 4.98 Å². The number of aryl methyl sites for hydroxylation is 1. The summed E-state index contributed by atoms with van der Waals surface area (Å²) in [6.45, 7) is 2.12. The maximum absolute atomic E-state index is 12.4. The van der Waals surface area contributed by atoms with E-state index in [0.717, 1.165) is 58.5 Å². The first-order valence-corrected chi connectivity index (χ1v) is 10.5. The topological polar surface area (TPSA) is 74.4 Å². The van der Waals surface area contributed by atoms with E-state index in [1.165, 1.54) is 23.3 Å². The monoisotopic (exact) mass is 396 g/mol. The Morgan fingerprint density at radius 2 is 1.93 bits per heavy atom. The number of fused-ring (bicyclic) bond motifs is 2. The fourth-order valence-corrected chi connectivity index (χ4v) is 4.93. The number of aromatic nitrogens is 1. The molecule has 0 saturated carbocycles. The molecule has 1 aliphatic rings. The molecule has 0 atom stereocenters. The highest BCUT2D eigenvalue weighted by Gasteiger charge is 2.25. The van der Waals surface area contributed by atoms with E-state index >= 15 is 0 Å². The third kappa shape index (κ3) is 3.22. The zero-order valence-electron chi connectivity index (χ0n) is 16.2. The van der Waals surface area contributed by atoms with Crippen LogP contribution in [-0.4, -0.2) is 24.7 Å². The summed E-state index contributed by atoms with van der Waals surface area (Å²) >= 11 is 1.33. The van der Waals surface area contributed by atoms with Gasteiger partial charge in [0, 0.05) is 11.1 Å². The second-order valence-corrected chi connectivity index (χ2v) is 7.95. The molecule has 1 aliphatic carbocycles. The molecule has 0 unspecified atom stereocenters. The third-order valence-electron chi connectivity index (χ3n) is 5.24. The van der Waals surface area contributed by atoms with Crippen LogP contribution in [0.4, 0.5) is 5.69 Å². The molecule has 0 saturated heterocycles. The largest absolute Gasteiger partial charge is 0.497 e. The van der Waals surface area contributed by atoms with Crippen molar-refractivity contribution in [3.63, 3.8) is 0 Å². The summed E-state index contributed by atoms with van der Waals surface area (Å²) in [5.74, 6) is 0.435. The SMILES string of the molecule is CCOC(=O)c1sc2nc3c(c(-c4ccc(OC)cc4)c2c1N)CCCCC3. The molecule has 2 heterocycles. The number of nitrogens with zero attached hydrogens (tertiary/aromatic N) is 1. The number of anilines is 1. The Hall–Kier alpha value is -2.60. The first kappa shape index (κ1) is 18.7. The number of methoxy groups -OCH3 is 1. The second kappa shape index (κ2) is 7.80.